The van der Waals surface area contributed by atoms with E-state index >= 15 is 0 Å². The van der Waals surface area contributed by atoms with Crippen molar-refractivity contribution < 1.29 is 5.11 Å². The van der Waals surface area contributed by atoms with Gasteiger partial charge >= 0.3 is 0 Å². The Morgan fingerprint density at radius 3 is 2.63 bits per heavy atom. The van der Waals surface area contributed by atoms with Crippen LogP contribution in [-0.2, 0) is 6.54 Å². The average Bonchev–Trinajstić information content (AvgIpc) is 3.11. The first-order valence-electron chi connectivity index (χ1n) is 9.85. The predicted octanol–water partition coefficient (Wildman–Crippen LogP) is 2.97. The van der Waals surface area contributed by atoms with Crippen molar-refractivity contribution in [3.05, 3.63) is 47.8 Å². The Morgan fingerprint density at radius 1 is 1.15 bits per heavy atom. The molecule has 2 bridgehead atoms. The van der Waals surface area contributed by atoms with E-state index in [1.54, 1.807) is 17.8 Å². The van der Waals surface area contributed by atoms with Crippen LogP contribution in [0.5, 0.6) is 5.75 Å². The van der Waals surface area contributed by atoms with Crippen LogP contribution in [0.15, 0.2) is 41.8 Å². The van der Waals surface area contributed by atoms with E-state index in [4.69, 9.17) is 0 Å². The summed E-state index contributed by atoms with van der Waals surface area (Å²) in [6.45, 7) is 4.40. The van der Waals surface area contributed by atoms with Gasteiger partial charge in [0.05, 0.1) is 0 Å². The maximum absolute atomic E-state index is 10.0. The minimum absolute atomic E-state index is 0.375. The third-order valence-corrected chi connectivity index (χ3v) is 7.22. The van der Waals surface area contributed by atoms with Crippen LogP contribution >= 0.6 is 11.8 Å². The smallest absolute Gasteiger partial charge is 0.187 e. The highest BCUT2D eigenvalue weighted by molar-refractivity contribution is 7.98. The number of fused-ring (bicyclic) bond motifs is 2. The predicted molar refractivity (Wildman–Crippen MR) is 107 cm³/mol. The Morgan fingerprint density at radius 2 is 1.93 bits per heavy atom. The van der Waals surface area contributed by atoms with E-state index in [-0.39, 0.29) is 0 Å². The second kappa shape index (κ2) is 7.08. The van der Waals surface area contributed by atoms with Crippen LogP contribution in [0.25, 0.3) is 0 Å². The van der Waals surface area contributed by atoms with Gasteiger partial charge in [-0.3, -0.25) is 9.80 Å². The highest BCUT2D eigenvalue weighted by Crippen LogP contribution is 2.47. The van der Waals surface area contributed by atoms with Crippen molar-refractivity contribution in [1.82, 2.24) is 19.8 Å². The third-order valence-electron chi connectivity index (χ3n) is 6.64. The number of rotatable bonds is 4. The first-order valence-corrected chi connectivity index (χ1v) is 11.1. The van der Waals surface area contributed by atoms with Crippen molar-refractivity contribution in [2.24, 2.45) is 5.92 Å². The van der Waals surface area contributed by atoms with Crippen molar-refractivity contribution in [3.63, 3.8) is 0 Å². The highest BCUT2D eigenvalue weighted by atomic mass is 32.2. The number of hydrogen-bond donors (Lipinski definition) is 1. The number of benzene rings is 1. The Labute approximate surface area is 164 Å². The number of likely N-dealkylation sites (tertiary alicyclic amines) is 1. The van der Waals surface area contributed by atoms with E-state index in [1.165, 1.54) is 37.1 Å². The molecule has 4 saturated heterocycles. The van der Waals surface area contributed by atoms with Gasteiger partial charge in [-0.15, -0.1) is 0 Å². The van der Waals surface area contributed by atoms with E-state index in [2.05, 4.69) is 25.8 Å². The summed E-state index contributed by atoms with van der Waals surface area (Å²) in [4.78, 5) is 14.3. The topological polar surface area (TPSA) is 52.5 Å². The van der Waals surface area contributed by atoms with Crippen LogP contribution in [0.3, 0.4) is 0 Å². The lowest BCUT2D eigenvalue weighted by Crippen LogP contribution is -2.59. The molecule has 0 radical (unpaired) electrons. The highest BCUT2D eigenvalue weighted by Gasteiger charge is 2.53. The standard InChI is InChI=1S/C21H26N4OS/c1-27-21-22-10-14(11-23-21)12-25-13-18(16-3-2-4-17(26)9-16)20-19(25)15-5-7-24(20)8-6-15/h2-4,9-11,15,18-20,26H,5-8,12-13H2,1H3/t18-,19+,20+/m1/s1. The molecule has 4 aliphatic rings. The third kappa shape index (κ3) is 3.13. The zero-order valence-corrected chi connectivity index (χ0v) is 16.5. The van der Waals surface area contributed by atoms with Crippen LogP contribution in [0.2, 0.25) is 0 Å². The SMILES string of the molecule is CSc1ncc(CN2C[C@H](c3cccc(O)c3)[C@H]3[C@@H]2C2CCN3CC2)cn1. The van der Waals surface area contributed by atoms with Crippen LogP contribution in [0, 0.1) is 5.92 Å². The Bertz CT molecular complexity index is 806. The van der Waals surface area contributed by atoms with Gasteiger partial charge in [-0.1, -0.05) is 23.9 Å². The fourth-order valence-corrected chi connectivity index (χ4v) is 5.85. The molecule has 0 spiro atoms. The quantitative estimate of drug-likeness (QED) is 0.648. The number of phenolic OH excluding ortho intramolecular Hbond substituents is 1. The van der Waals surface area contributed by atoms with Gasteiger partial charge in [0.25, 0.3) is 0 Å². The molecule has 1 N–H and O–H groups in total. The summed E-state index contributed by atoms with van der Waals surface area (Å²) in [7, 11) is 0. The fourth-order valence-electron chi connectivity index (χ4n) is 5.54. The van der Waals surface area contributed by atoms with Crippen molar-refractivity contribution >= 4 is 11.8 Å². The van der Waals surface area contributed by atoms with Crippen molar-refractivity contribution in [3.8, 4) is 5.75 Å². The van der Waals surface area contributed by atoms with E-state index in [0.29, 0.717) is 23.8 Å². The molecule has 5 heterocycles. The van der Waals surface area contributed by atoms with Gasteiger partial charge in [0.2, 0.25) is 0 Å². The molecule has 5 nitrogen and oxygen atoms in total. The minimum Gasteiger partial charge on any atom is -0.508 e. The van der Waals surface area contributed by atoms with Crippen molar-refractivity contribution in [1.29, 1.82) is 0 Å². The maximum atomic E-state index is 10.0. The number of nitrogens with zero attached hydrogens (tertiary/aromatic N) is 4. The Balaban J connectivity index is 1.45. The summed E-state index contributed by atoms with van der Waals surface area (Å²) < 4.78 is 0. The Hall–Kier alpha value is -1.63. The van der Waals surface area contributed by atoms with Gasteiger partial charge in [-0.05, 0) is 55.8 Å². The molecular weight excluding hydrogens is 356 g/mol. The van der Waals surface area contributed by atoms with Gasteiger partial charge in [0, 0.05) is 49.0 Å². The van der Waals surface area contributed by atoms with E-state index < -0.39 is 0 Å². The number of thioether (sulfide) groups is 1. The first kappa shape index (κ1) is 17.5. The molecular formula is C21H26N4OS. The molecule has 6 rings (SSSR count). The molecule has 1 aromatic carbocycles. The second-order valence-electron chi connectivity index (χ2n) is 8.06. The zero-order chi connectivity index (χ0) is 18.4. The molecule has 0 aliphatic carbocycles. The second-order valence-corrected chi connectivity index (χ2v) is 8.84. The lowest BCUT2D eigenvalue weighted by Gasteiger charge is -2.51. The van der Waals surface area contributed by atoms with Crippen molar-refractivity contribution in [2.45, 2.75) is 42.5 Å². The van der Waals surface area contributed by atoms with Gasteiger partial charge in [-0.25, -0.2) is 9.97 Å². The van der Waals surface area contributed by atoms with Gasteiger partial charge in [0.1, 0.15) is 5.75 Å². The lowest BCUT2D eigenvalue weighted by molar-refractivity contribution is -0.00875. The molecule has 0 amide bonds. The largest absolute Gasteiger partial charge is 0.508 e. The van der Waals surface area contributed by atoms with Gasteiger partial charge in [-0.2, -0.15) is 0 Å². The van der Waals surface area contributed by atoms with Crippen LogP contribution in [-0.4, -0.2) is 62.8 Å². The maximum Gasteiger partial charge on any atom is 0.187 e. The van der Waals surface area contributed by atoms with Crippen LogP contribution < -0.4 is 0 Å². The number of piperidine rings is 3. The molecule has 6 heteroatoms. The normalized spacial score (nSPS) is 32.6. The molecule has 0 saturated carbocycles. The molecule has 1 aromatic heterocycles. The lowest BCUT2D eigenvalue weighted by atomic mass is 9.75. The monoisotopic (exact) mass is 382 g/mol. The summed E-state index contributed by atoms with van der Waals surface area (Å²) in [5.74, 6) is 1.62. The number of phenols is 1. The molecule has 2 aromatic rings. The molecule has 4 aliphatic heterocycles. The van der Waals surface area contributed by atoms with Gasteiger partial charge < -0.3 is 5.11 Å². The number of hydrogen-bond acceptors (Lipinski definition) is 6. The summed E-state index contributed by atoms with van der Waals surface area (Å²) in [5.41, 5.74) is 2.47. The van der Waals surface area contributed by atoms with Crippen LogP contribution in [0.1, 0.15) is 29.9 Å². The number of aromatic nitrogens is 2. The van der Waals surface area contributed by atoms with E-state index in [9.17, 15) is 5.11 Å². The van der Waals surface area contributed by atoms with Crippen molar-refractivity contribution in [2.75, 3.05) is 25.9 Å². The molecule has 0 unspecified atom stereocenters. The van der Waals surface area contributed by atoms with Crippen LogP contribution in [0.4, 0.5) is 0 Å². The van der Waals surface area contributed by atoms with E-state index in [1.807, 2.05) is 30.8 Å². The van der Waals surface area contributed by atoms with Gasteiger partial charge in [0.15, 0.2) is 5.16 Å². The summed E-state index contributed by atoms with van der Waals surface area (Å²) >= 11 is 1.58. The molecule has 142 valence electrons. The average molecular weight is 383 g/mol. The molecule has 4 fully saturated rings. The summed E-state index contributed by atoms with van der Waals surface area (Å²) in [6, 6.07) is 9.06. The molecule has 3 atom stereocenters. The summed E-state index contributed by atoms with van der Waals surface area (Å²) in [6.07, 6.45) is 8.60. The Kier molecular flexibility index (Phi) is 4.58. The summed E-state index contributed by atoms with van der Waals surface area (Å²) in [5, 5.41) is 10.8. The molecule has 27 heavy (non-hydrogen) atoms. The number of aromatic hydroxyl groups is 1. The fraction of sp³-hybridized carbons (Fsp3) is 0.524. The zero-order valence-electron chi connectivity index (χ0n) is 15.7. The first-order chi connectivity index (χ1) is 13.2. The minimum atomic E-state index is 0.375. The van der Waals surface area contributed by atoms with E-state index in [0.717, 1.165) is 24.2 Å².